The van der Waals surface area contributed by atoms with E-state index in [9.17, 15) is 18.0 Å². The van der Waals surface area contributed by atoms with Gasteiger partial charge in [-0.15, -0.1) is 0 Å². The molecule has 0 heterocycles. The molecule has 0 radical (unpaired) electrons. The number of benzene rings is 2. The van der Waals surface area contributed by atoms with Gasteiger partial charge in [-0.2, -0.15) is 0 Å². The van der Waals surface area contributed by atoms with Crippen LogP contribution in [0.2, 0.25) is 10.0 Å². The molecule has 3 rings (SSSR count). The number of rotatable bonds is 13. The van der Waals surface area contributed by atoms with Crippen molar-refractivity contribution in [1.29, 1.82) is 0 Å². The molecule has 0 saturated heterocycles. The number of ether oxygens (including phenoxy) is 1. The SMILES string of the molecule is CCOc1ccccc1N(CCCC(=O)N(Cc1ccc(Cl)c(Cl)c1)[C@H](C)C(=O)NC1CCCCC1)S(C)(=O)=O. The molecule has 2 aromatic carbocycles. The van der Waals surface area contributed by atoms with Gasteiger partial charge in [0.2, 0.25) is 21.8 Å². The topological polar surface area (TPSA) is 96.0 Å². The van der Waals surface area contributed by atoms with E-state index in [4.69, 9.17) is 27.9 Å². The Morgan fingerprint density at radius 1 is 1.07 bits per heavy atom. The van der Waals surface area contributed by atoms with E-state index in [0.29, 0.717) is 28.1 Å². The Morgan fingerprint density at radius 3 is 2.42 bits per heavy atom. The minimum absolute atomic E-state index is 0.0468. The summed E-state index contributed by atoms with van der Waals surface area (Å²) in [5.74, 6) is -0.0105. The summed E-state index contributed by atoms with van der Waals surface area (Å²) in [6, 6.07) is 11.4. The van der Waals surface area contributed by atoms with Crippen molar-refractivity contribution < 1.29 is 22.7 Å². The number of hydrogen-bond donors (Lipinski definition) is 1. The minimum Gasteiger partial charge on any atom is -0.492 e. The zero-order valence-electron chi connectivity index (χ0n) is 23.4. The minimum atomic E-state index is -3.64. The fourth-order valence-corrected chi connectivity index (χ4v) is 6.20. The summed E-state index contributed by atoms with van der Waals surface area (Å²) in [5, 5.41) is 3.88. The van der Waals surface area contributed by atoms with E-state index >= 15 is 0 Å². The molecular weight excluding hydrogens is 573 g/mol. The number of carbonyl (C=O) groups excluding carboxylic acids is 2. The van der Waals surface area contributed by atoms with Crippen LogP contribution >= 0.6 is 23.2 Å². The lowest BCUT2D eigenvalue weighted by molar-refractivity contribution is -0.141. The Kier molecular flexibility index (Phi) is 12.0. The second-order valence-electron chi connectivity index (χ2n) is 10.1. The predicted molar refractivity (Wildman–Crippen MR) is 161 cm³/mol. The lowest BCUT2D eigenvalue weighted by Crippen LogP contribution is -2.50. The predicted octanol–water partition coefficient (Wildman–Crippen LogP) is 5.80. The van der Waals surface area contributed by atoms with Crippen molar-refractivity contribution in [2.45, 2.75) is 77.4 Å². The van der Waals surface area contributed by atoms with Crippen molar-refractivity contribution in [2.24, 2.45) is 0 Å². The Bertz CT molecular complexity index is 1270. The summed E-state index contributed by atoms with van der Waals surface area (Å²) in [5.41, 5.74) is 1.16. The van der Waals surface area contributed by atoms with Crippen LogP contribution in [0.5, 0.6) is 5.75 Å². The first-order chi connectivity index (χ1) is 19.0. The fourth-order valence-electron chi connectivity index (χ4n) is 4.91. The molecule has 2 aromatic rings. The molecule has 0 aliphatic heterocycles. The molecule has 1 aliphatic rings. The number of anilines is 1. The molecule has 220 valence electrons. The zero-order valence-corrected chi connectivity index (χ0v) is 25.7. The zero-order chi connectivity index (χ0) is 29.3. The third-order valence-corrected chi connectivity index (χ3v) is 8.96. The Balaban J connectivity index is 1.76. The second kappa shape index (κ2) is 14.9. The number of para-hydroxylation sites is 2. The Morgan fingerprint density at radius 2 is 1.77 bits per heavy atom. The van der Waals surface area contributed by atoms with Crippen molar-refractivity contribution >= 4 is 50.7 Å². The Labute approximate surface area is 248 Å². The summed E-state index contributed by atoms with van der Waals surface area (Å²) in [6.07, 6.45) is 6.62. The van der Waals surface area contributed by atoms with Gasteiger partial charge >= 0.3 is 0 Å². The van der Waals surface area contributed by atoms with Gasteiger partial charge in [-0.3, -0.25) is 13.9 Å². The molecule has 11 heteroatoms. The van der Waals surface area contributed by atoms with Crippen LogP contribution in [0.1, 0.15) is 64.4 Å². The molecule has 1 aliphatic carbocycles. The summed E-state index contributed by atoms with van der Waals surface area (Å²) >= 11 is 12.3. The van der Waals surface area contributed by atoms with Crippen molar-refractivity contribution in [2.75, 3.05) is 23.7 Å². The third-order valence-electron chi connectivity index (χ3n) is 7.04. The molecule has 2 amide bonds. The molecular formula is C29H39Cl2N3O5S. The molecule has 0 bridgehead atoms. The first-order valence-corrected chi connectivity index (χ1v) is 16.3. The van der Waals surface area contributed by atoms with Crippen LogP contribution in [-0.2, 0) is 26.2 Å². The number of halogens is 2. The highest BCUT2D eigenvalue weighted by Gasteiger charge is 2.29. The molecule has 0 spiro atoms. The fraction of sp³-hybridized carbons (Fsp3) is 0.517. The van der Waals surface area contributed by atoms with Crippen molar-refractivity contribution in [1.82, 2.24) is 10.2 Å². The second-order valence-corrected chi connectivity index (χ2v) is 12.9. The molecule has 0 unspecified atom stereocenters. The number of nitrogens with zero attached hydrogens (tertiary/aromatic N) is 2. The van der Waals surface area contributed by atoms with E-state index in [0.717, 1.165) is 37.5 Å². The highest BCUT2D eigenvalue weighted by atomic mass is 35.5. The molecule has 40 heavy (non-hydrogen) atoms. The van der Waals surface area contributed by atoms with E-state index in [-0.39, 0.29) is 43.8 Å². The van der Waals surface area contributed by atoms with E-state index < -0.39 is 16.1 Å². The van der Waals surface area contributed by atoms with E-state index in [1.54, 1.807) is 49.4 Å². The number of amides is 2. The van der Waals surface area contributed by atoms with Crippen molar-refractivity contribution in [3.05, 3.63) is 58.1 Å². The average molecular weight is 613 g/mol. The first-order valence-electron chi connectivity index (χ1n) is 13.7. The lowest BCUT2D eigenvalue weighted by atomic mass is 9.95. The standard InChI is InChI=1S/C29H39Cl2N3O5S/c1-4-39-27-14-9-8-13-26(27)34(40(3,37)38)18-10-15-28(35)33(20-22-16-17-24(30)25(31)19-22)21(2)29(36)32-23-11-6-5-7-12-23/h8-9,13-14,16-17,19,21,23H,4-7,10-12,15,18,20H2,1-3H3,(H,32,36)/t21-/m1/s1. The lowest BCUT2D eigenvalue weighted by Gasteiger charge is -2.31. The van der Waals surface area contributed by atoms with E-state index in [2.05, 4.69) is 5.32 Å². The van der Waals surface area contributed by atoms with E-state index in [1.807, 2.05) is 6.92 Å². The van der Waals surface area contributed by atoms with Gasteiger partial charge in [0.15, 0.2) is 0 Å². The maximum atomic E-state index is 13.6. The van der Waals surface area contributed by atoms with Gasteiger partial charge < -0.3 is 15.0 Å². The van der Waals surface area contributed by atoms with Crippen molar-refractivity contribution in [3.63, 3.8) is 0 Å². The monoisotopic (exact) mass is 611 g/mol. The van der Waals surface area contributed by atoms with Crippen LogP contribution in [0.15, 0.2) is 42.5 Å². The van der Waals surface area contributed by atoms with Gasteiger partial charge in [0.25, 0.3) is 0 Å². The largest absolute Gasteiger partial charge is 0.492 e. The van der Waals surface area contributed by atoms with Gasteiger partial charge in [0, 0.05) is 25.6 Å². The molecule has 8 nitrogen and oxygen atoms in total. The smallest absolute Gasteiger partial charge is 0.242 e. The number of sulfonamides is 1. The summed E-state index contributed by atoms with van der Waals surface area (Å²) in [6.45, 7) is 4.18. The van der Waals surface area contributed by atoms with Gasteiger partial charge in [0.1, 0.15) is 11.8 Å². The van der Waals surface area contributed by atoms with Crippen LogP contribution < -0.4 is 14.4 Å². The molecule has 1 atom stereocenters. The van der Waals surface area contributed by atoms with Gasteiger partial charge in [-0.1, -0.05) is 60.7 Å². The van der Waals surface area contributed by atoms with Crippen LogP contribution in [0.3, 0.4) is 0 Å². The molecule has 1 fully saturated rings. The average Bonchev–Trinajstić information content (AvgIpc) is 2.92. The molecule has 1 saturated carbocycles. The normalized spacial score (nSPS) is 14.8. The summed E-state index contributed by atoms with van der Waals surface area (Å²) < 4.78 is 32.3. The van der Waals surface area contributed by atoms with E-state index in [1.165, 1.54) is 15.6 Å². The quantitative estimate of drug-likeness (QED) is 0.308. The number of carbonyl (C=O) groups is 2. The van der Waals surface area contributed by atoms with Crippen LogP contribution in [-0.4, -0.2) is 56.6 Å². The van der Waals surface area contributed by atoms with Crippen LogP contribution in [0, 0.1) is 0 Å². The van der Waals surface area contributed by atoms with Crippen molar-refractivity contribution in [3.8, 4) is 5.75 Å². The third kappa shape index (κ3) is 9.01. The maximum absolute atomic E-state index is 13.6. The van der Waals surface area contributed by atoms with Gasteiger partial charge in [-0.05, 0) is 62.9 Å². The highest BCUT2D eigenvalue weighted by Crippen LogP contribution is 2.30. The molecule has 1 N–H and O–H groups in total. The van der Waals surface area contributed by atoms with Gasteiger partial charge in [0.05, 0.1) is 28.6 Å². The van der Waals surface area contributed by atoms with Crippen LogP contribution in [0.25, 0.3) is 0 Å². The summed E-state index contributed by atoms with van der Waals surface area (Å²) in [7, 11) is -3.64. The molecule has 0 aromatic heterocycles. The first kappa shape index (κ1) is 32.0. The Hall–Kier alpha value is -2.49. The van der Waals surface area contributed by atoms with Gasteiger partial charge in [-0.25, -0.2) is 8.42 Å². The summed E-state index contributed by atoms with van der Waals surface area (Å²) in [4.78, 5) is 28.3. The number of hydrogen-bond acceptors (Lipinski definition) is 5. The highest BCUT2D eigenvalue weighted by molar-refractivity contribution is 7.92. The van der Waals surface area contributed by atoms with Crippen LogP contribution in [0.4, 0.5) is 5.69 Å². The maximum Gasteiger partial charge on any atom is 0.242 e. The number of nitrogens with one attached hydrogen (secondary N) is 1.